The molecule has 17 rings (SSSR count). The van der Waals surface area contributed by atoms with Gasteiger partial charge < -0.3 is 92.9 Å². The average molecular weight is 1220 g/mol. The molecule has 0 radical (unpaired) electrons. The molecule has 0 aromatic carbocycles. The molecular weight excluding hydrogens is 1140 g/mol. The van der Waals surface area contributed by atoms with E-state index in [9.17, 15) is 19.2 Å². The zero-order valence-electron chi connectivity index (χ0n) is 48.5. The van der Waals surface area contributed by atoms with Gasteiger partial charge in [-0.2, -0.15) is 0 Å². The van der Waals surface area contributed by atoms with Crippen molar-refractivity contribution in [3.63, 3.8) is 0 Å². The van der Waals surface area contributed by atoms with Gasteiger partial charge in [-0.1, -0.05) is 48.6 Å². The Labute approximate surface area is 523 Å². The summed E-state index contributed by atoms with van der Waals surface area (Å²) in [6, 6.07) is 0. The second kappa shape index (κ2) is 32.1. The van der Waals surface area contributed by atoms with Gasteiger partial charge >= 0.3 is 42.7 Å². The third-order valence-corrected chi connectivity index (χ3v) is 17.7. The van der Waals surface area contributed by atoms with Gasteiger partial charge in [0.2, 0.25) is 6.26 Å². The molecule has 24 unspecified atom stereocenters. The number of hydrogen-bond donors (Lipinski definition) is 4. The standard InChI is InChI=1S/2C14H20O5.C8H6O4.C8H14O3.C8H12O3.C4H2O3.C4H3O.Al.Li.4H/c2*1-2-14-12(8-16-4-10-6-18-10)11(13(1)19-14)7-15-3-9-5-17-9;9-7-5-3-1-2-4(11-3)6(5)8(10)12-7;2*9-3-5-6(4-10)8-2-1-7(5)11-8;5-3-1-2-4(6)7-3;1-2-4-5-3-1;;;;;;/h2*1-2,9-14H,3-8H2;1-6H;5-10H,1-4H2;1-2,5-10H,3-4H2;1-2H;1-3H;;;;;;/q;;;;;;+1;;+1;;;;-1. The fraction of sp³-hybridized carbons (Fsp3) is 0.700. The summed E-state index contributed by atoms with van der Waals surface area (Å²) >= 11 is 0. The maximum Gasteiger partial charge on any atom is 1.00 e. The van der Waals surface area contributed by atoms with E-state index in [1.165, 1.54) is 0 Å². The maximum atomic E-state index is 11.1. The molecule has 0 aromatic rings. The van der Waals surface area contributed by atoms with Crippen LogP contribution in [0.15, 0.2) is 79.2 Å². The number of rotatable bonds is 20. The van der Waals surface area contributed by atoms with Crippen LogP contribution in [0, 0.1) is 65.4 Å². The van der Waals surface area contributed by atoms with Crippen LogP contribution in [0.1, 0.15) is 14.3 Å². The number of aliphatic hydroxyl groups is 4. The molecule has 4 N–H and O–H groups in total. The number of ether oxygens (including phenoxy) is 16. The number of cyclic esters (lactones) is 4. The van der Waals surface area contributed by atoms with Crippen molar-refractivity contribution in [2.75, 3.05) is 106 Å². The fourth-order valence-electron chi connectivity index (χ4n) is 12.7. The number of esters is 4. The van der Waals surface area contributed by atoms with Crippen LogP contribution in [0.2, 0.25) is 0 Å². The summed E-state index contributed by atoms with van der Waals surface area (Å²) in [7, 11) is 0. The van der Waals surface area contributed by atoms with Crippen LogP contribution in [0.25, 0.3) is 0 Å². The number of hydrogen-bond acceptors (Lipinski definition) is 24. The SMILES string of the molecule is C1=CC2OC1C(COCC1CO1)C2COCC1CO1.C1=CC2OC1C(COCC1CO1)C2COCC1CO1.O=C1C=CC(=O)O1.O=C1OC(=O)C2C3C=CC(O3)C12.OCC1C2C=CC(O2)C1CO.OCC1C2CCC(O2)C1CO.[AlH3].[C+]1=CC=CO1.[H-].[Li+]. The van der Waals surface area contributed by atoms with E-state index >= 15 is 0 Å². The van der Waals surface area contributed by atoms with E-state index in [1.807, 2.05) is 24.3 Å². The molecule has 24 atom stereocenters. The third-order valence-electron chi connectivity index (χ3n) is 17.7. The molecule has 0 amide bonds. The summed E-state index contributed by atoms with van der Waals surface area (Å²) in [5.74, 6) is -0.508. The molecule has 11 saturated heterocycles. The molecule has 468 valence electrons. The summed E-state index contributed by atoms with van der Waals surface area (Å²) in [5.41, 5.74) is 0. The number of epoxide rings is 4. The largest absolute Gasteiger partial charge is 1.00 e. The van der Waals surface area contributed by atoms with E-state index in [0.717, 1.165) is 77.8 Å². The zero-order valence-corrected chi connectivity index (χ0v) is 47.5. The molecular formula is C60H81AlLiO24+. The van der Waals surface area contributed by atoms with E-state index in [-0.39, 0.29) is 161 Å². The first-order valence-corrected chi connectivity index (χ1v) is 29.4. The second-order valence-corrected chi connectivity index (χ2v) is 23.2. The number of aliphatic hydroxyl groups excluding tert-OH is 4. The Bertz CT molecular complexity index is 2250. The first kappa shape index (κ1) is 67.0. The van der Waals surface area contributed by atoms with Gasteiger partial charge in [-0.05, 0) is 12.8 Å². The molecule has 11 fully saturated rings. The van der Waals surface area contributed by atoms with Crippen molar-refractivity contribution in [1.82, 2.24) is 0 Å². The van der Waals surface area contributed by atoms with Crippen LogP contribution in [0.4, 0.5) is 0 Å². The molecule has 0 aromatic heterocycles. The van der Waals surface area contributed by atoms with E-state index < -0.39 is 23.9 Å². The topological polar surface area (TPSA) is 310 Å². The van der Waals surface area contributed by atoms with Crippen molar-refractivity contribution in [3.8, 4) is 0 Å². The molecule has 17 heterocycles. The van der Waals surface area contributed by atoms with Gasteiger partial charge in [-0.15, -0.1) is 0 Å². The van der Waals surface area contributed by atoms with Gasteiger partial charge in [0.1, 0.15) is 42.3 Å². The summed E-state index contributed by atoms with van der Waals surface area (Å²) in [6.45, 7) is 9.71. The molecule has 10 bridgehead atoms. The number of fused-ring (bicyclic) bond motifs is 13. The van der Waals surface area contributed by atoms with Crippen LogP contribution < -0.4 is 18.9 Å². The number of carbonyl (C=O) groups excluding carboxylic acids is 4. The summed E-state index contributed by atoms with van der Waals surface area (Å²) in [4.78, 5) is 42.0. The Balaban J connectivity index is 0.000000136. The minimum absolute atomic E-state index is 0. The predicted octanol–water partition coefficient (Wildman–Crippen LogP) is -3.88. The van der Waals surface area contributed by atoms with Crippen LogP contribution in [-0.4, -0.2) is 253 Å². The van der Waals surface area contributed by atoms with Crippen molar-refractivity contribution < 1.29 is 136 Å². The first-order chi connectivity index (χ1) is 41.1. The van der Waals surface area contributed by atoms with Crippen molar-refractivity contribution in [2.45, 2.75) is 98.3 Å². The Morgan fingerprint density at radius 1 is 0.430 bits per heavy atom. The van der Waals surface area contributed by atoms with Crippen molar-refractivity contribution in [3.05, 3.63) is 85.4 Å². The molecule has 17 aliphatic rings. The average Bonchev–Trinajstić information content (AvgIpc) is 1.65. The number of carbonyl (C=O) groups is 4. The minimum atomic E-state index is -0.579. The van der Waals surface area contributed by atoms with E-state index in [0.29, 0.717) is 74.5 Å². The predicted molar refractivity (Wildman–Crippen MR) is 295 cm³/mol. The third kappa shape index (κ3) is 17.4. The monoisotopic (exact) mass is 1220 g/mol. The van der Waals surface area contributed by atoms with Gasteiger partial charge in [-0.3, -0.25) is 14.3 Å². The molecule has 26 heteroatoms. The van der Waals surface area contributed by atoms with E-state index in [1.54, 1.807) is 18.4 Å². The fourth-order valence-corrected chi connectivity index (χ4v) is 12.7. The smallest absolute Gasteiger partial charge is 1.00 e. The van der Waals surface area contributed by atoms with Crippen LogP contribution in [-0.2, 0) is 95.0 Å². The Morgan fingerprint density at radius 2 is 0.744 bits per heavy atom. The molecule has 0 saturated carbocycles. The van der Waals surface area contributed by atoms with E-state index in [4.69, 9.17) is 82.0 Å². The Hall–Kier alpha value is -3.38. The van der Waals surface area contributed by atoms with Crippen molar-refractivity contribution >= 4 is 41.2 Å². The van der Waals surface area contributed by atoms with Gasteiger partial charge in [0, 0.05) is 85.9 Å². The quantitative estimate of drug-likeness (QED) is 0.0226. The van der Waals surface area contributed by atoms with Crippen molar-refractivity contribution in [2.24, 2.45) is 59.2 Å². The number of allylic oxidation sites excluding steroid dienone is 2. The molecule has 0 spiro atoms. The first-order valence-electron chi connectivity index (χ1n) is 29.4. The molecule has 17 aliphatic heterocycles. The van der Waals surface area contributed by atoms with Crippen LogP contribution >= 0.6 is 0 Å². The summed E-state index contributed by atoms with van der Waals surface area (Å²) < 4.78 is 84.7. The summed E-state index contributed by atoms with van der Waals surface area (Å²) in [6.07, 6.45) is 30.3. The van der Waals surface area contributed by atoms with E-state index in [2.05, 4.69) is 44.8 Å². The minimum Gasteiger partial charge on any atom is -1.00 e. The molecule has 86 heavy (non-hydrogen) atoms. The van der Waals surface area contributed by atoms with Gasteiger partial charge in [-0.25, -0.2) is 9.59 Å². The summed E-state index contributed by atoms with van der Waals surface area (Å²) in [5, 5.41) is 35.9. The van der Waals surface area contributed by atoms with Gasteiger partial charge in [0.15, 0.2) is 23.4 Å². The zero-order chi connectivity index (χ0) is 58.1. The second-order valence-electron chi connectivity index (χ2n) is 23.2. The molecule has 24 nitrogen and oxygen atoms in total. The van der Waals surface area contributed by atoms with Crippen LogP contribution in [0.5, 0.6) is 0 Å². The molecule has 0 aliphatic carbocycles. The van der Waals surface area contributed by atoms with Gasteiger partial charge in [0.25, 0.3) is 6.26 Å². The normalized spacial score (nSPS) is 41.5. The Kier molecular flexibility index (Phi) is 25.0. The van der Waals surface area contributed by atoms with Gasteiger partial charge in [0.05, 0.1) is 140 Å². The van der Waals surface area contributed by atoms with Crippen molar-refractivity contribution in [1.29, 1.82) is 0 Å². The Morgan fingerprint density at radius 3 is 1.00 bits per heavy atom. The van der Waals surface area contributed by atoms with Crippen LogP contribution in [0.3, 0.4) is 0 Å². The maximum absolute atomic E-state index is 11.1.